The van der Waals surface area contributed by atoms with Gasteiger partial charge >= 0.3 is 0 Å². The third kappa shape index (κ3) is 10.1. The summed E-state index contributed by atoms with van der Waals surface area (Å²) in [4.78, 5) is 2.41. The molecule has 0 spiro atoms. The molecule has 0 atom stereocenters. The van der Waals surface area contributed by atoms with Gasteiger partial charge in [-0.05, 0) is 88.7 Å². The van der Waals surface area contributed by atoms with E-state index < -0.39 is 0 Å². The normalized spacial score (nSPS) is 11.2. The Morgan fingerprint density at radius 2 is 0.875 bits per heavy atom. The fourth-order valence-corrected chi connectivity index (χ4v) is 4.67. The minimum Gasteiger partial charge on any atom is -0.508 e. The molecule has 0 bridgehead atoms. The first-order valence-electron chi connectivity index (χ1n) is 14.3. The molecule has 3 heteroatoms. The molecule has 4 aromatic rings. The van der Waals surface area contributed by atoms with Crippen LogP contribution in [0.1, 0.15) is 85.9 Å². The highest BCUT2D eigenvalue weighted by molar-refractivity contribution is 7.99. The summed E-state index contributed by atoms with van der Waals surface area (Å²) >= 11 is 1.75. The third-order valence-corrected chi connectivity index (χ3v) is 7.20. The van der Waals surface area contributed by atoms with Crippen LogP contribution in [-0.4, -0.2) is 5.11 Å². The highest BCUT2D eigenvalue weighted by Crippen LogP contribution is 2.35. The lowest BCUT2D eigenvalue weighted by Crippen LogP contribution is -2.18. The van der Waals surface area contributed by atoms with Gasteiger partial charge in [-0.15, -0.1) is 0 Å². The van der Waals surface area contributed by atoms with Crippen LogP contribution in [0.3, 0.4) is 0 Å². The van der Waals surface area contributed by atoms with E-state index in [4.69, 9.17) is 4.74 Å². The Morgan fingerprint density at radius 3 is 1.27 bits per heavy atom. The van der Waals surface area contributed by atoms with Gasteiger partial charge in [0.15, 0.2) is 0 Å². The second-order valence-corrected chi connectivity index (χ2v) is 13.0. The Kier molecular flexibility index (Phi) is 12.4. The van der Waals surface area contributed by atoms with E-state index in [0.717, 1.165) is 23.0 Å². The van der Waals surface area contributed by atoms with Gasteiger partial charge in [0.25, 0.3) is 0 Å². The molecule has 0 aromatic heterocycles. The maximum atomic E-state index is 9.58. The molecule has 4 aromatic carbocycles. The van der Waals surface area contributed by atoms with Crippen LogP contribution in [0.4, 0.5) is 0 Å². The number of ether oxygens (including phenoxy) is 1. The number of hydrogen-bond donors (Lipinski definition) is 1. The van der Waals surface area contributed by atoms with E-state index in [1.807, 2.05) is 50.2 Å². The van der Waals surface area contributed by atoms with Crippen molar-refractivity contribution >= 4 is 11.8 Å². The summed E-state index contributed by atoms with van der Waals surface area (Å²) in [6.07, 6.45) is 0. The largest absolute Gasteiger partial charge is 0.508 e. The van der Waals surface area contributed by atoms with Crippen LogP contribution < -0.4 is 4.74 Å². The van der Waals surface area contributed by atoms with Gasteiger partial charge in [0.2, 0.25) is 0 Å². The first kappa shape index (κ1) is 33.0. The lowest BCUT2D eigenvalue weighted by atomic mass is 9.78. The van der Waals surface area contributed by atoms with Crippen LogP contribution in [0.5, 0.6) is 17.2 Å². The summed E-state index contributed by atoms with van der Waals surface area (Å²) in [6.45, 7) is 21.6. The molecule has 0 aliphatic rings. The van der Waals surface area contributed by atoms with Crippen molar-refractivity contribution in [2.75, 3.05) is 0 Å². The molecule has 0 amide bonds. The highest BCUT2D eigenvalue weighted by Gasteiger charge is 2.23. The molecule has 2 nitrogen and oxygen atoms in total. The zero-order chi connectivity index (χ0) is 29.9. The Hall–Kier alpha value is -3.17. The molecule has 40 heavy (non-hydrogen) atoms. The molecule has 214 valence electrons. The zero-order valence-electron chi connectivity index (χ0n) is 26.1. The lowest BCUT2D eigenvalue weighted by Gasteiger charge is -2.26. The second-order valence-electron chi connectivity index (χ2n) is 11.9. The Labute approximate surface area is 247 Å². The molecule has 0 saturated carbocycles. The molecule has 0 aliphatic heterocycles. The smallest absolute Gasteiger partial charge is 0.127 e. The minimum atomic E-state index is -0.170. The van der Waals surface area contributed by atoms with Crippen LogP contribution in [0.15, 0.2) is 107 Å². The lowest BCUT2D eigenvalue weighted by molar-refractivity contribution is 0.474. The summed E-state index contributed by atoms with van der Waals surface area (Å²) in [6, 6.07) is 32.7. The molecule has 0 radical (unpaired) electrons. The van der Waals surface area contributed by atoms with Crippen LogP contribution in [0, 0.1) is 5.92 Å². The van der Waals surface area contributed by atoms with Gasteiger partial charge in [0, 0.05) is 15.2 Å². The Bertz CT molecular complexity index is 1260. The first-order chi connectivity index (χ1) is 18.8. The maximum absolute atomic E-state index is 9.58. The molecule has 0 heterocycles. The van der Waals surface area contributed by atoms with Crippen molar-refractivity contribution in [3.63, 3.8) is 0 Å². The van der Waals surface area contributed by atoms with E-state index in [2.05, 4.69) is 104 Å². The van der Waals surface area contributed by atoms with E-state index in [1.165, 1.54) is 20.9 Å². The van der Waals surface area contributed by atoms with Gasteiger partial charge in [0.1, 0.15) is 17.2 Å². The van der Waals surface area contributed by atoms with Crippen molar-refractivity contribution in [3.8, 4) is 17.2 Å². The van der Waals surface area contributed by atoms with Gasteiger partial charge in [-0.3, -0.25) is 0 Å². The Balaban J connectivity index is 0.000000858. The standard InChI is InChI=1S/C31H32O2S.C4H10.C2H6/c1-30(2,3)22-10-18-28(19-11-22)34-29-20-16-27(17-21-29)33-26-14-8-24(9-15-26)31(4,5)23-6-12-25(32)13-7-23;1-4(2)3;1-2/h6-21,32H,1-5H3;4H,1-3H3;1-2H3. The number of benzene rings is 4. The maximum Gasteiger partial charge on any atom is 0.127 e. The van der Waals surface area contributed by atoms with Gasteiger partial charge in [-0.2, -0.15) is 0 Å². The molecule has 0 saturated heterocycles. The SMILES string of the molecule is CC.CC(C)(C)c1ccc(Sc2ccc(Oc3ccc(C(C)(C)c4ccc(O)cc4)cc3)cc2)cc1.CC(C)C. The van der Waals surface area contributed by atoms with Crippen molar-refractivity contribution in [2.24, 2.45) is 5.92 Å². The summed E-state index contributed by atoms with van der Waals surface area (Å²) in [5.41, 5.74) is 3.69. The summed E-state index contributed by atoms with van der Waals surface area (Å²) in [5, 5.41) is 9.58. The van der Waals surface area contributed by atoms with E-state index in [1.54, 1.807) is 23.9 Å². The summed E-state index contributed by atoms with van der Waals surface area (Å²) < 4.78 is 6.08. The zero-order valence-corrected chi connectivity index (χ0v) is 26.9. The summed E-state index contributed by atoms with van der Waals surface area (Å²) in [5.74, 6) is 2.74. The fraction of sp³-hybridized carbons (Fsp3) is 0.351. The van der Waals surface area contributed by atoms with E-state index in [-0.39, 0.29) is 16.6 Å². The van der Waals surface area contributed by atoms with Crippen molar-refractivity contribution < 1.29 is 9.84 Å². The first-order valence-corrected chi connectivity index (χ1v) is 15.1. The number of phenolic OH excluding ortho intramolecular Hbond substituents is 1. The van der Waals surface area contributed by atoms with E-state index in [9.17, 15) is 5.11 Å². The average Bonchev–Trinajstić information content (AvgIpc) is 2.91. The number of rotatable bonds is 6. The quantitative estimate of drug-likeness (QED) is 0.256. The van der Waals surface area contributed by atoms with Crippen LogP contribution in [-0.2, 0) is 10.8 Å². The number of hydrogen-bond acceptors (Lipinski definition) is 3. The number of phenols is 1. The van der Waals surface area contributed by atoms with Crippen LogP contribution >= 0.6 is 11.8 Å². The number of aromatic hydroxyl groups is 1. The van der Waals surface area contributed by atoms with Crippen molar-refractivity contribution in [3.05, 3.63) is 114 Å². The molecular weight excluding hydrogens is 508 g/mol. The molecule has 1 N–H and O–H groups in total. The topological polar surface area (TPSA) is 29.5 Å². The second kappa shape index (κ2) is 15.0. The molecular formula is C37H48O2S. The van der Waals surface area contributed by atoms with E-state index in [0.29, 0.717) is 0 Å². The van der Waals surface area contributed by atoms with Crippen molar-refractivity contribution in [1.29, 1.82) is 0 Å². The average molecular weight is 557 g/mol. The minimum absolute atomic E-state index is 0.168. The van der Waals surface area contributed by atoms with Crippen molar-refractivity contribution in [1.82, 2.24) is 0 Å². The van der Waals surface area contributed by atoms with Gasteiger partial charge in [-0.25, -0.2) is 0 Å². The van der Waals surface area contributed by atoms with Gasteiger partial charge in [0.05, 0.1) is 0 Å². The summed E-state index contributed by atoms with van der Waals surface area (Å²) in [7, 11) is 0. The Morgan fingerprint density at radius 1 is 0.550 bits per heavy atom. The predicted octanol–water partition coefficient (Wildman–Crippen LogP) is 11.6. The highest BCUT2D eigenvalue weighted by atomic mass is 32.2. The van der Waals surface area contributed by atoms with Gasteiger partial charge < -0.3 is 9.84 Å². The van der Waals surface area contributed by atoms with Crippen LogP contribution in [0.2, 0.25) is 0 Å². The molecule has 0 aliphatic carbocycles. The monoisotopic (exact) mass is 556 g/mol. The van der Waals surface area contributed by atoms with Crippen molar-refractivity contribution in [2.45, 2.75) is 89.9 Å². The third-order valence-electron chi connectivity index (χ3n) is 6.18. The molecule has 4 rings (SSSR count). The fourth-order valence-electron chi connectivity index (χ4n) is 3.86. The molecule has 0 unspecified atom stereocenters. The van der Waals surface area contributed by atoms with E-state index >= 15 is 0 Å². The van der Waals surface area contributed by atoms with Crippen LogP contribution in [0.25, 0.3) is 0 Å². The predicted molar refractivity (Wildman–Crippen MR) is 174 cm³/mol. The van der Waals surface area contributed by atoms with Gasteiger partial charge in [-0.1, -0.05) is 117 Å². The molecule has 0 fully saturated rings.